The predicted octanol–water partition coefficient (Wildman–Crippen LogP) is 2.97. The number of hydrogen-bond donors (Lipinski definition) is 1. The SMILES string of the molecule is O=C(NCC1COc2ccccc2C1)N1CCN(S(=O)(=O)c2ccc(C(F)(F)F)cc2)CC1. The number of amides is 2. The van der Waals surface area contributed by atoms with Crippen molar-refractivity contribution in [2.45, 2.75) is 17.5 Å². The first-order valence-corrected chi connectivity index (χ1v) is 12.0. The summed E-state index contributed by atoms with van der Waals surface area (Å²) in [6.45, 7) is 1.46. The lowest BCUT2D eigenvalue weighted by atomic mass is 9.97. The van der Waals surface area contributed by atoms with Crippen molar-refractivity contribution in [3.63, 3.8) is 0 Å². The summed E-state index contributed by atoms with van der Waals surface area (Å²) in [6, 6.07) is 10.9. The van der Waals surface area contributed by atoms with Gasteiger partial charge < -0.3 is 15.0 Å². The lowest BCUT2D eigenvalue weighted by molar-refractivity contribution is -0.137. The lowest BCUT2D eigenvalue weighted by Crippen LogP contribution is -2.53. The molecular weight excluding hydrogens is 459 g/mol. The van der Waals surface area contributed by atoms with Crippen molar-refractivity contribution in [1.29, 1.82) is 0 Å². The van der Waals surface area contributed by atoms with Crippen LogP contribution in [0.4, 0.5) is 18.0 Å². The maximum atomic E-state index is 12.8. The number of piperazine rings is 1. The molecule has 2 amide bonds. The van der Waals surface area contributed by atoms with Gasteiger partial charge in [-0.15, -0.1) is 0 Å². The van der Waals surface area contributed by atoms with E-state index < -0.39 is 21.8 Å². The number of urea groups is 1. The second kappa shape index (κ2) is 9.22. The van der Waals surface area contributed by atoms with Crippen LogP contribution in [0.5, 0.6) is 5.75 Å². The molecular formula is C22H24F3N3O4S. The number of benzene rings is 2. The maximum Gasteiger partial charge on any atom is 0.416 e. The highest BCUT2D eigenvalue weighted by Gasteiger charge is 2.33. The monoisotopic (exact) mass is 483 g/mol. The van der Waals surface area contributed by atoms with Crippen molar-refractivity contribution >= 4 is 16.1 Å². The normalized spacial score (nSPS) is 19.5. The average Bonchev–Trinajstić information content (AvgIpc) is 2.82. The Morgan fingerprint density at radius 2 is 1.70 bits per heavy atom. The molecule has 1 atom stereocenters. The Labute approximate surface area is 190 Å². The molecule has 178 valence electrons. The van der Waals surface area contributed by atoms with E-state index in [-0.39, 0.29) is 43.0 Å². The number of rotatable bonds is 4. The van der Waals surface area contributed by atoms with Gasteiger partial charge in [0.1, 0.15) is 5.75 Å². The van der Waals surface area contributed by atoms with Crippen LogP contribution < -0.4 is 10.1 Å². The number of fused-ring (bicyclic) bond motifs is 1. The summed E-state index contributed by atoms with van der Waals surface area (Å²) in [5, 5.41) is 2.89. The molecule has 1 N–H and O–H groups in total. The minimum atomic E-state index is -4.53. The molecule has 2 aromatic carbocycles. The standard InChI is InChI=1S/C22H24F3N3O4S/c23-22(24,25)18-5-7-19(8-6-18)33(30,31)28-11-9-27(10-12-28)21(29)26-14-16-13-17-3-1-2-4-20(17)32-15-16/h1-8,16H,9-15H2,(H,26,29). The second-order valence-electron chi connectivity index (χ2n) is 8.09. The average molecular weight is 484 g/mol. The lowest BCUT2D eigenvalue weighted by Gasteiger charge is -2.34. The van der Waals surface area contributed by atoms with Crippen molar-refractivity contribution in [3.8, 4) is 5.75 Å². The molecule has 11 heteroatoms. The molecule has 0 aromatic heterocycles. The Morgan fingerprint density at radius 3 is 2.36 bits per heavy atom. The Bertz CT molecular complexity index is 1100. The number of carbonyl (C=O) groups excluding carboxylic acids is 1. The summed E-state index contributed by atoms with van der Waals surface area (Å²) >= 11 is 0. The molecule has 2 aromatic rings. The number of nitrogens with one attached hydrogen (secondary N) is 1. The van der Waals surface area contributed by atoms with Crippen molar-refractivity contribution < 1.29 is 31.1 Å². The molecule has 0 aliphatic carbocycles. The van der Waals surface area contributed by atoms with E-state index >= 15 is 0 Å². The summed E-state index contributed by atoms with van der Waals surface area (Å²) in [7, 11) is -3.94. The van der Waals surface area contributed by atoms with Crippen LogP contribution in [-0.2, 0) is 22.6 Å². The minimum absolute atomic E-state index is 0.0662. The predicted molar refractivity (Wildman–Crippen MR) is 114 cm³/mol. The molecule has 0 spiro atoms. The smallest absolute Gasteiger partial charge is 0.416 e. The molecule has 7 nitrogen and oxygen atoms in total. The van der Waals surface area contributed by atoms with Gasteiger partial charge in [0.25, 0.3) is 0 Å². The van der Waals surface area contributed by atoms with Crippen LogP contribution in [0.25, 0.3) is 0 Å². The van der Waals surface area contributed by atoms with Gasteiger partial charge in [-0.05, 0) is 42.3 Å². The van der Waals surface area contributed by atoms with Crippen molar-refractivity contribution in [3.05, 3.63) is 59.7 Å². The third-order valence-electron chi connectivity index (χ3n) is 5.84. The zero-order valence-electron chi connectivity index (χ0n) is 17.7. The summed E-state index contributed by atoms with van der Waals surface area (Å²) < 4.78 is 70.6. The van der Waals surface area contributed by atoms with Gasteiger partial charge in [0.15, 0.2) is 0 Å². The first kappa shape index (κ1) is 23.4. The number of para-hydroxylation sites is 1. The van der Waals surface area contributed by atoms with E-state index in [1.54, 1.807) is 0 Å². The zero-order valence-corrected chi connectivity index (χ0v) is 18.5. The van der Waals surface area contributed by atoms with Gasteiger partial charge >= 0.3 is 12.2 Å². The largest absolute Gasteiger partial charge is 0.493 e. The molecule has 33 heavy (non-hydrogen) atoms. The molecule has 2 heterocycles. The van der Waals surface area contributed by atoms with Crippen LogP contribution in [0.3, 0.4) is 0 Å². The number of hydrogen-bond acceptors (Lipinski definition) is 4. The van der Waals surface area contributed by atoms with Crippen LogP contribution in [0.2, 0.25) is 0 Å². The van der Waals surface area contributed by atoms with Gasteiger partial charge in [-0.1, -0.05) is 18.2 Å². The number of nitrogens with zero attached hydrogens (tertiary/aromatic N) is 2. The first-order valence-electron chi connectivity index (χ1n) is 10.6. The van der Waals surface area contributed by atoms with Crippen LogP contribution in [0, 0.1) is 5.92 Å². The molecule has 2 aliphatic heterocycles. The van der Waals surface area contributed by atoms with Gasteiger partial charge in [0.05, 0.1) is 17.1 Å². The minimum Gasteiger partial charge on any atom is -0.493 e. The van der Waals surface area contributed by atoms with Crippen molar-refractivity contribution in [2.75, 3.05) is 39.3 Å². The number of alkyl halides is 3. The Hall–Kier alpha value is -2.79. The number of carbonyl (C=O) groups is 1. The first-order chi connectivity index (χ1) is 15.6. The summed E-state index contributed by atoms with van der Waals surface area (Å²) in [6.07, 6.45) is -3.73. The van der Waals surface area contributed by atoms with E-state index in [2.05, 4.69) is 5.32 Å². The molecule has 1 fully saturated rings. The summed E-state index contributed by atoms with van der Waals surface area (Å²) in [4.78, 5) is 13.9. The van der Waals surface area contributed by atoms with E-state index in [1.807, 2.05) is 24.3 Å². The summed E-state index contributed by atoms with van der Waals surface area (Å²) in [5.74, 6) is 1.01. The molecule has 0 bridgehead atoms. The van der Waals surface area contributed by atoms with Gasteiger partial charge in [0.2, 0.25) is 10.0 Å². The number of sulfonamides is 1. The Kier molecular flexibility index (Phi) is 6.53. The van der Waals surface area contributed by atoms with Gasteiger partial charge in [0, 0.05) is 38.6 Å². The fraction of sp³-hybridized carbons (Fsp3) is 0.409. The Morgan fingerprint density at radius 1 is 1.03 bits per heavy atom. The fourth-order valence-corrected chi connectivity index (χ4v) is 5.38. The van der Waals surface area contributed by atoms with Crippen LogP contribution in [-0.4, -0.2) is 63.0 Å². The van der Waals surface area contributed by atoms with E-state index in [0.29, 0.717) is 13.2 Å². The third-order valence-corrected chi connectivity index (χ3v) is 7.76. The molecule has 1 unspecified atom stereocenters. The van der Waals surface area contributed by atoms with E-state index in [9.17, 15) is 26.4 Å². The fourth-order valence-electron chi connectivity index (χ4n) is 3.96. The van der Waals surface area contributed by atoms with Crippen molar-refractivity contribution in [1.82, 2.24) is 14.5 Å². The van der Waals surface area contributed by atoms with Gasteiger partial charge in [-0.2, -0.15) is 17.5 Å². The van der Waals surface area contributed by atoms with E-state index in [1.165, 1.54) is 9.21 Å². The molecule has 1 saturated heterocycles. The highest BCUT2D eigenvalue weighted by Crippen LogP contribution is 2.30. The van der Waals surface area contributed by atoms with Crippen molar-refractivity contribution in [2.24, 2.45) is 5.92 Å². The topological polar surface area (TPSA) is 79.0 Å². The quantitative estimate of drug-likeness (QED) is 0.726. The van der Waals surface area contributed by atoms with Gasteiger partial charge in [-0.25, -0.2) is 13.2 Å². The third kappa shape index (κ3) is 5.25. The highest BCUT2D eigenvalue weighted by molar-refractivity contribution is 7.89. The van der Waals surface area contributed by atoms with E-state index in [4.69, 9.17) is 4.74 Å². The van der Waals surface area contributed by atoms with Gasteiger partial charge in [-0.3, -0.25) is 0 Å². The van der Waals surface area contributed by atoms with Crippen LogP contribution in [0.15, 0.2) is 53.4 Å². The van der Waals surface area contributed by atoms with E-state index in [0.717, 1.165) is 42.0 Å². The summed E-state index contributed by atoms with van der Waals surface area (Å²) in [5.41, 5.74) is 0.194. The molecule has 0 radical (unpaired) electrons. The second-order valence-corrected chi connectivity index (χ2v) is 10.0. The van der Waals surface area contributed by atoms with Crippen LogP contribution in [0.1, 0.15) is 11.1 Å². The highest BCUT2D eigenvalue weighted by atomic mass is 32.2. The molecule has 2 aliphatic rings. The zero-order chi connectivity index (χ0) is 23.6. The number of ether oxygens (including phenoxy) is 1. The van der Waals surface area contributed by atoms with Crippen LogP contribution >= 0.6 is 0 Å². The molecule has 4 rings (SSSR count). The number of halogens is 3. The Balaban J connectivity index is 1.28. The maximum absolute atomic E-state index is 12.8. The molecule has 0 saturated carbocycles.